The molecule has 0 bridgehead atoms. The fraction of sp³-hybridized carbons (Fsp3) is 0.333. The van der Waals surface area contributed by atoms with Gasteiger partial charge in [-0.05, 0) is 47.7 Å². The van der Waals surface area contributed by atoms with E-state index in [1.807, 2.05) is 12.1 Å². The number of nitrogens with zero attached hydrogens (tertiary/aromatic N) is 1. The van der Waals surface area contributed by atoms with Crippen molar-refractivity contribution in [1.29, 1.82) is 0 Å². The molecule has 0 aliphatic carbocycles. The minimum Gasteiger partial charge on any atom is -0.482 e. The molecule has 0 radical (unpaired) electrons. The van der Waals surface area contributed by atoms with Crippen LogP contribution in [0.1, 0.15) is 6.92 Å². The summed E-state index contributed by atoms with van der Waals surface area (Å²) in [6, 6.07) is 5.49. The number of hydrogen-bond acceptors (Lipinski definition) is 4. The number of anilines is 1. The van der Waals surface area contributed by atoms with Crippen LogP contribution in [0.25, 0.3) is 0 Å². The molecule has 0 saturated carbocycles. The number of ether oxygens (including phenoxy) is 2. The summed E-state index contributed by atoms with van der Waals surface area (Å²) in [7, 11) is 0. The second kappa shape index (κ2) is 5.55. The molecule has 6 heteroatoms. The highest BCUT2D eigenvalue weighted by atomic mass is 127. The van der Waals surface area contributed by atoms with Crippen molar-refractivity contribution in [2.24, 2.45) is 0 Å². The molecule has 0 atom stereocenters. The summed E-state index contributed by atoms with van der Waals surface area (Å²) in [4.78, 5) is 24.7. The van der Waals surface area contributed by atoms with Crippen molar-refractivity contribution in [3.05, 3.63) is 21.8 Å². The van der Waals surface area contributed by atoms with Gasteiger partial charge in [-0.3, -0.25) is 14.5 Å². The van der Waals surface area contributed by atoms with Gasteiger partial charge in [0.15, 0.2) is 6.61 Å². The summed E-state index contributed by atoms with van der Waals surface area (Å²) in [5.74, 6) is -0.0468. The lowest BCUT2D eigenvalue weighted by molar-refractivity contribution is -0.142. The first-order valence-electron chi connectivity index (χ1n) is 5.50. The lowest BCUT2D eigenvalue weighted by Crippen LogP contribution is -2.42. The molecule has 0 N–H and O–H groups in total. The SMILES string of the molecule is CCOC(=O)CN1C(=O)COc2ccc(I)cc21. The normalized spacial score (nSPS) is 13.9. The molecule has 1 heterocycles. The largest absolute Gasteiger partial charge is 0.482 e. The van der Waals surface area contributed by atoms with E-state index in [9.17, 15) is 9.59 Å². The van der Waals surface area contributed by atoms with Gasteiger partial charge in [-0.1, -0.05) is 0 Å². The number of hydrogen-bond donors (Lipinski definition) is 0. The van der Waals surface area contributed by atoms with E-state index < -0.39 is 5.97 Å². The summed E-state index contributed by atoms with van der Waals surface area (Å²) >= 11 is 2.14. The van der Waals surface area contributed by atoms with E-state index in [1.165, 1.54) is 4.90 Å². The zero-order chi connectivity index (χ0) is 13.1. The molecule has 1 aromatic carbocycles. The van der Waals surface area contributed by atoms with Crippen molar-refractivity contribution in [3.63, 3.8) is 0 Å². The summed E-state index contributed by atoms with van der Waals surface area (Å²) in [5, 5.41) is 0. The summed E-state index contributed by atoms with van der Waals surface area (Å²) < 4.78 is 11.1. The minimum atomic E-state index is -0.419. The van der Waals surface area contributed by atoms with E-state index >= 15 is 0 Å². The molecular weight excluding hydrogens is 349 g/mol. The highest BCUT2D eigenvalue weighted by Crippen LogP contribution is 2.33. The van der Waals surface area contributed by atoms with Crippen LogP contribution in [0, 0.1) is 3.57 Å². The van der Waals surface area contributed by atoms with E-state index in [0.29, 0.717) is 18.0 Å². The third kappa shape index (κ3) is 2.74. The molecule has 1 aliphatic rings. The molecule has 5 nitrogen and oxygen atoms in total. The number of carbonyl (C=O) groups excluding carboxylic acids is 2. The van der Waals surface area contributed by atoms with Crippen LogP contribution in [0.3, 0.4) is 0 Å². The van der Waals surface area contributed by atoms with Gasteiger partial charge in [0.2, 0.25) is 0 Å². The van der Waals surface area contributed by atoms with Gasteiger partial charge in [0, 0.05) is 3.57 Å². The number of fused-ring (bicyclic) bond motifs is 1. The van der Waals surface area contributed by atoms with Crippen LogP contribution in [-0.2, 0) is 14.3 Å². The Labute approximate surface area is 118 Å². The molecular formula is C12H12INO4. The number of amides is 1. The van der Waals surface area contributed by atoms with Crippen molar-refractivity contribution < 1.29 is 19.1 Å². The van der Waals surface area contributed by atoms with Gasteiger partial charge < -0.3 is 9.47 Å². The topological polar surface area (TPSA) is 55.8 Å². The summed E-state index contributed by atoms with van der Waals surface area (Å²) in [5.41, 5.74) is 0.617. The molecule has 0 aromatic heterocycles. The van der Waals surface area contributed by atoms with Crippen LogP contribution in [0.5, 0.6) is 5.75 Å². The van der Waals surface area contributed by atoms with Crippen molar-refractivity contribution >= 4 is 40.2 Å². The Bertz CT molecular complexity index is 489. The predicted octanol–water partition coefficient (Wildman–Crippen LogP) is 1.58. The number of halogens is 1. The zero-order valence-electron chi connectivity index (χ0n) is 9.81. The monoisotopic (exact) mass is 361 g/mol. The molecule has 0 unspecified atom stereocenters. The maximum absolute atomic E-state index is 11.8. The van der Waals surface area contributed by atoms with E-state index in [1.54, 1.807) is 13.0 Å². The van der Waals surface area contributed by atoms with Crippen LogP contribution < -0.4 is 9.64 Å². The second-order valence-corrected chi connectivity index (χ2v) is 4.93. The highest BCUT2D eigenvalue weighted by molar-refractivity contribution is 14.1. The minimum absolute atomic E-state index is 0.0486. The van der Waals surface area contributed by atoms with Crippen LogP contribution in [0.15, 0.2) is 18.2 Å². The highest BCUT2D eigenvalue weighted by Gasteiger charge is 2.27. The lowest BCUT2D eigenvalue weighted by Gasteiger charge is -2.28. The van der Waals surface area contributed by atoms with Gasteiger partial charge in [0.1, 0.15) is 12.3 Å². The molecule has 96 valence electrons. The van der Waals surface area contributed by atoms with Gasteiger partial charge in [-0.25, -0.2) is 0 Å². The molecule has 1 amide bonds. The fourth-order valence-electron chi connectivity index (χ4n) is 1.68. The van der Waals surface area contributed by atoms with Crippen LogP contribution in [0.2, 0.25) is 0 Å². The van der Waals surface area contributed by atoms with Gasteiger partial charge in [0.05, 0.1) is 12.3 Å². The fourth-order valence-corrected chi connectivity index (χ4v) is 2.16. The first-order valence-corrected chi connectivity index (χ1v) is 6.58. The number of carbonyl (C=O) groups is 2. The zero-order valence-corrected chi connectivity index (χ0v) is 12.0. The quantitative estimate of drug-likeness (QED) is 0.606. The Balaban J connectivity index is 2.27. The second-order valence-electron chi connectivity index (χ2n) is 3.69. The van der Waals surface area contributed by atoms with Gasteiger partial charge in [-0.2, -0.15) is 0 Å². The van der Waals surface area contributed by atoms with Gasteiger partial charge in [-0.15, -0.1) is 0 Å². The maximum Gasteiger partial charge on any atom is 0.326 e. The van der Waals surface area contributed by atoms with E-state index in [0.717, 1.165) is 3.57 Å². The van der Waals surface area contributed by atoms with Crippen LogP contribution in [-0.4, -0.2) is 31.6 Å². The molecule has 1 aromatic rings. The van der Waals surface area contributed by atoms with Crippen molar-refractivity contribution in [2.75, 3.05) is 24.7 Å². The first-order chi connectivity index (χ1) is 8.61. The van der Waals surface area contributed by atoms with E-state index in [4.69, 9.17) is 9.47 Å². The molecule has 0 fully saturated rings. The lowest BCUT2D eigenvalue weighted by atomic mass is 10.2. The van der Waals surface area contributed by atoms with E-state index in [-0.39, 0.29) is 19.1 Å². The van der Waals surface area contributed by atoms with Crippen molar-refractivity contribution in [3.8, 4) is 5.75 Å². The maximum atomic E-state index is 11.8. The van der Waals surface area contributed by atoms with Crippen molar-refractivity contribution in [2.45, 2.75) is 6.92 Å². The third-order valence-electron chi connectivity index (χ3n) is 2.46. The van der Waals surface area contributed by atoms with Crippen molar-refractivity contribution in [1.82, 2.24) is 0 Å². The number of esters is 1. The summed E-state index contributed by atoms with van der Waals surface area (Å²) in [6.45, 7) is 1.91. The number of rotatable bonds is 3. The Morgan fingerprint density at radius 3 is 3.06 bits per heavy atom. The Hall–Kier alpha value is -1.31. The van der Waals surface area contributed by atoms with E-state index in [2.05, 4.69) is 22.6 Å². The molecule has 0 spiro atoms. The third-order valence-corrected chi connectivity index (χ3v) is 3.13. The van der Waals surface area contributed by atoms with Gasteiger partial charge >= 0.3 is 5.97 Å². The molecule has 0 saturated heterocycles. The van der Waals surface area contributed by atoms with Gasteiger partial charge in [0.25, 0.3) is 5.91 Å². The number of benzene rings is 1. The van der Waals surface area contributed by atoms with Crippen LogP contribution in [0.4, 0.5) is 5.69 Å². The Morgan fingerprint density at radius 2 is 2.33 bits per heavy atom. The Kier molecular flexibility index (Phi) is 4.05. The molecule has 1 aliphatic heterocycles. The average Bonchev–Trinajstić information content (AvgIpc) is 2.33. The summed E-state index contributed by atoms with van der Waals surface area (Å²) in [6.07, 6.45) is 0. The average molecular weight is 361 g/mol. The molecule has 18 heavy (non-hydrogen) atoms. The Morgan fingerprint density at radius 1 is 1.56 bits per heavy atom. The standard InChI is InChI=1S/C12H12INO4/c1-2-17-12(16)6-14-9-5-8(13)3-4-10(9)18-7-11(14)15/h3-5H,2,6-7H2,1H3. The first kappa shape index (κ1) is 13.1. The van der Waals surface area contributed by atoms with Crippen LogP contribution >= 0.6 is 22.6 Å². The predicted molar refractivity (Wildman–Crippen MR) is 73.6 cm³/mol. The smallest absolute Gasteiger partial charge is 0.326 e. The molecule has 2 rings (SSSR count).